The van der Waals surface area contributed by atoms with E-state index in [1.807, 2.05) is 39.8 Å². The highest BCUT2D eigenvalue weighted by atomic mass is 16.6. The van der Waals surface area contributed by atoms with Gasteiger partial charge in [-0.25, -0.2) is 4.79 Å². The number of nitrogens with zero attached hydrogens (tertiary/aromatic N) is 1. The van der Waals surface area contributed by atoms with Crippen molar-refractivity contribution < 1.29 is 14.6 Å². The molecule has 1 heterocycles. The first-order chi connectivity index (χ1) is 8.33. The molecule has 1 aliphatic heterocycles. The molecule has 18 heavy (non-hydrogen) atoms. The van der Waals surface area contributed by atoms with Gasteiger partial charge in [-0.05, 0) is 40.5 Å². The summed E-state index contributed by atoms with van der Waals surface area (Å²) in [6, 6.07) is 0. The van der Waals surface area contributed by atoms with Gasteiger partial charge in [0.05, 0.1) is 6.10 Å². The number of ether oxygens (including phenoxy) is 1. The van der Waals surface area contributed by atoms with Crippen LogP contribution in [-0.2, 0) is 4.74 Å². The van der Waals surface area contributed by atoms with Crippen LogP contribution < -0.4 is 0 Å². The van der Waals surface area contributed by atoms with Gasteiger partial charge >= 0.3 is 6.09 Å². The summed E-state index contributed by atoms with van der Waals surface area (Å²) in [5.74, 6) is 0.113. The van der Waals surface area contributed by atoms with Gasteiger partial charge in [0.15, 0.2) is 0 Å². The Hall–Kier alpha value is -1.03. The van der Waals surface area contributed by atoms with Gasteiger partial charge in [0.2, 0.25) is 0 Å². The van der Waals surface area contributed by atoms with Crippen LogP contribution in [0.1, 0.15) is 40.5 Å². The number of piperidine rings is 1. The number of carbonyl (C=O) groups excluding carboxylic acids is 1. The quantitative estimate of drug-likeness (QED) is 0.771. The number of carbonyl (C=O) groups is 1. The zero-order chi connectivity index (χ0) is 13.8. The molecule has 0 aromatic heterocycles. The number of allylic oxidation sites excluding steroid dienone is 2. The van der Waals surface area contributed by atoms with E-state index in [2.05, 4.69) is 0 Å². The van der Waals surface area contributed by atoms with Gasteiger partial charge in [0.25, 0.3) is 0 Å². The minimum absolute atomic E-state index is 0.113. The van der Waals surface area contributed by atoms with Crippen molar-refractivity contribution in [1.82, 2.24) is 4.90 Å². The number of hydrogen-bond donors (Lipinski definition) is 1. The molecule has 104 valence electrons. The highest BCUT2D eigenvalue weighted by molar-refractivity contribution is 5.68. The lowest BCUT2D eigenvalue weighted by Gasteiger charge is -2.36. The molecule has 1 aliphatic rings. The summed E-state index contributed by atoms with van der Waals surface area (Å²) >= 11 is 0. The highest BCUT2D eigenvalue weighted by Gasteiger charge is 2.31. The number of hydrogen-bond acceptors (Lipinski definition) is 3. The smallest absolute Gasteiger partial charge is 0.410 e. The Balaban J connectivity index is 2.55. The summed E-state index contributed by atoms with van der Waals surface area (Å²) in [4.78, 5) is 13.6. The van der Waals surface area contributed by atoms with Crippen molar-refractivity contribution in [2.75, 3.05) is 13.1 Å². The van der Waals surface area contributed by atoms with Crippen molar-refractivity contribution in [3.8, 4) is 0 Å². The number of aliphatic hydroxyl groups excluding tert-OH is 1. The molecule has 0 saturated carbocycles. The summed E-state index contributed by atoms with van der Waals surface area (Å²) in [6.45, 7) is 8.69. The Labute approximate surface area is 110 Å². The van der Waals surface area contributed by atoms with Crippen molar-refractivity contribution in [1.29, 1.82) is 0 Å². The Kier molecular flexibility index (Phi) is 5.20. The topological polar surface area (TPSA) is 49.8 Å². The number of amides is 1. The third-order valence-electron chi connectivity index (χ3n) is 3.02. The zero-order valence-corrected chi connectivity index (χ0v) is 11.8. The van der Waals surface area contributed by atoms with E-state index in [4.69, 9.17) is 4.74 Å². The number of rotatable bonds is 2. The molecule has 1 fully saturated rings. The van der Waals surface area contributed by atoms with Gasteiger partial charge in [-0.2, -0.15) is 0 Å². The molecule has 2 atom stereocenters. The molecule has 0 aromatic carbocycles. The minimum atomic E-state index is -0.466. The van der Waals surface area contributed by atoms with Crippen molar-refractivity contribution in [3.63, 3.8) is 0 Å². The molecule has 1 saturated heterocycles. The van der Waals surface area contributed by atoms with Crippen LogP contribution in [0.25, 0.3) is 0 Å². The Bertz CT molecular complexity index is 307. The minimum Gasteiger partial charge on any atom is -0.444 e. The standard InChI is InChI=1S/C14H25NO3/c1-5-6-7-11-10-15(9-8-12(11)16)13(17)18-14(2,3)4/h5-6,11-12,16H,7-10H2,1-4H3/b6-5+. The molecule has 4 nitrogen and oxygen atoms in total. The molecular weight excluding hydrogens is 230 g/mol. The first-order valence-electron chi connectivity index (χ1n) is 6.60. The van der Waals surface area contributed by atoms with E-state index in [0.717, 1.165) is 6.42 Å². The van der Waals surface area contributed by atoms with Crippen molar-refractivity contribution in [3.05, 3.63) is 12.2 Å². The van der Waals surface area contributed by atoms with E-state index in [0.29, 0.717) is 19.5 Å². The molecule has 1 N–H and O–H groups in total. The monoisotopic (exact) mass is 255 g/mol. The maximum Gasteiger partial charge on any atom is 0.410 e. The second-order valence-corrected chi connectivity index (χ2v) is 5.85. The second-order valence-electron chi connectivity index (χ2n) is 5.85. The van der Waals surface area contributed by atoms with Crippen LogP contribution in [0.15, 0.2) is 12.2 Å². The van der Waals surface area contributed by atoms with Crippen LogP contribution in [0.3, 0.4) is 0 Å². The predicted octanol–water partition coefficient (Wildman–Crippen LogP) is 2.57. The average molecular weight is 255 g/mol. The van der Waals surface area contributed by atoms with Gasteiger partial charge in [0.1, 0.15) is 5.60 Å². The number of aliphatic hydroxyl groups is 1. The fourth-order valence-corrected chi connectivity index (χ4v) is 2.05. The van der Waals surface area contributed by atoms with E-state index < -0.39 is 5.60 Å². The Morgan fingerprint density at radius 1 is 1.50 bits per heavy atom. The lowest BCUT2D eigenvalue weighted by Crippen LogP contribution is -2.47. The fourth-order valence-electron chi connectivity index (χ4n) is 2.05. The first kappa shape index (κ1) is 15.0. The van der Waals surface area contributed by atoms with E-state index >= 15 is 0 Å². The maximum absolute atomic E-state index is 11.9. The normalized spacial score (nSPS) is 25.5. The van der Waals surface area contributed by atoms with Crippen molar-refractivity contribution in [2.45, 2.75) is 52.2 Å². The largest absolute Gasteiger partial charge is 0.444 e. The Morgan fingerprint density at radius 3 is 2.72 bits per heavy atom. The molecular formula is C14H25NO3. The van der Waals surface area contributed by atoms with Crippen molar-refractivity contribution >= 4 is 6.09 Å². The highest BCUT2D eigenvalue weighted by Crippen LogP contribution is 2.22. The van der Waals surface area contributed by atoms with Crippen LogP contribution >= 0.6 is 0 Å². The van der Waals surface area contributed by atoms with Gasteiger partial charge in [-0.1, -0.05) is 12.2 Å². The molecule has 0 aliphatic carbocycles. The maximum atomic E-state index is 11.9. The third kappa shape index (κ3) is 4.69. The molecule has 0 aromatic rings. The lowest BCUT2D eigenvalue weighted by atomic mass is 9.92. The van der Waals surface area contributed by atoms with E-state index in [1.165, 1.54) is 0 Å². The summed E-state index contributed by atoms with van der Waals surface area (Å²) in [7, 11) is 0. The summed E-state index contributed by atoms with van der Waals surface area (Å²) in [5, 5.41) is 9.92. The molecule has 0 bridgehead atoms. The van der Waals surface area contributed by atoms with Gasteiger partial charge in [-0.15, -0.1) is 0 Å². The summed E-state index contributed by atoms with van der Waals surface area (Å²) < 4.78 is 5.35. The molecule has 0 radical (unpaired) electrons. The predicted molar refractivity (Wildman–Crippen MR) is 71.4 cm³/mol. The molecule has 1 amide bonds. The molecule has 4 heteroatoms. The number of likely N-dealkylation sites (tertiary alicyclic amines) is 1. The molecule has 1 rings (SSSR count). The zero-order valence-electron chi connectivity index (χ0n) is 11.8. The van der Waals surface area contributed by atoms with Crippen LogP contribution in [0.2, 0.25) is 0 Å². The van der Waals surface area contributed by atoms with Gasteiger partial charge in [-0.3, -0.25) is 0 Å². The van der Waals surface area contributed by atoms with Crippen LogP contribution in [-0.4, -0.2) is 40.9 Å². The summed E-state index contributed by atoms with van der Waals surface area (Å²) in [5.41, 5.74) is -0.466. The van der Waals surface area contributed by atoms with E-state index in [-0.39, 0.29) is 18.1 Å². The lowest BCUT2D eigenvalue weighted by molar-refractivity contribution is -0.00773. The fraction of sp³-hybridized carbons (Fsp3) is 0.786. The SMILES string of the molecule is C/C=C/CC1CN(C(=O)OC(C)(C)C)CCC1O. The van der Waals surface area contributed by atoms with Gasteiger partial charge in [0, 0.05) is 19.0 Å². The first-order valence-corrected chi connectivity index (χ1v) is 6.60. The van der Waals surface area contributed by atoms with Crippen LogP contribution in [0.4, 0.5) is 4.79 Å². The van der Waals surface area contributed by atoms with Gasteiger partial charge < -0.3 is 14.7 Å². The average Bonchev–Trinajstić information content (AvgIpc) is 2.25. The second kappa shape index (κ2) is 6.23. The van der Waals surface area contributed by atoms with Crippen molar-refractivity contribution in [2.24, 2.45) is 5.92 Å². The molecule has 2 unspecified atom stereocenters. The molecule has 0 spiro atoms. The van der Waals surface area contributed by atoms with E-state index in [1.54, 1.807) is 4.90 Å². The Morgan fingerprint density at radius 2 is 2.17 bits per heavy atom. The van der Waals surface area contributed by atoms with E-state index in [9.17, 15) is 9.90 Å². The summed E-state index contributed by atoms with van der Waals surface area (Å²) in [6.07, 6.45) is 4.84. The third-order valence-corrected chi connectivity index (χ3v) is 3.02. The van der Waals surface area contributed by atoms with Crippen LogP contribution in [0.5, 0.6) is 0 Å². The van der Waals surface area contributed by atoms with Crippen LogP contribution in [0, 0.1) is 5.92 Å².